The van der Waals surface area contributed by atoms with Crippen LogP contribution < -0.4 is 5.32 Å². The Kier molecular flexibility index (Phi) is 6.67. The molecule has 1 aromatic heterocycles. The van der Waals surface area contributed by atoms with Gasteiger partial charge in [-0.1, -0.05) is 13.8 Å². The number of aromatic nitrogens is 1. The van der Waals surface area contributed by atoms with Crippen LogP contribution in [-0.4, -0.2) is 35.4 Å². The minimum Gasteiger partial charge on any atom is -0.370 e. The summed E-state index contributed by atoms with van der Waals surface area (Å²) in [7, 11) is 0. The summed E-state index contributed by atoms with van der Waals surface area (Å²) < 4.78 is 0. The quantitative estimate of drug-likeness (QED) is 0.837. The number of carbonyl (C=O) groups is 1. The molecule has 0 atom stereocenters. The Hall–Kier alpha value is -2.09. The summed E-state index contributed by atoms with van der Waals surface area (Å²) in [5.41, 5.74) is 1.53. The summed E-state index contributed by atoms with van der Waals surface area (Å²) in [5.74, 6) is 0.934. The molecule has 0 saturated carbocycles. The number of amides is 1. The maximum Gasteiger partial charge on any atom is 0.254 e. The maximum absolute atomic E-state index is 12.6. The Balaban J connectivity index is 3.09. The van der Waals surface area contributed by atoms with Crippen LogP contribution in [0.2, 0.25) is 0 Å². The van der Waals surface area contributed by atoms with E-state index in [2.05, 4.69) is 30.2 Å². The predicted octanol–water partition coefficient (Wildman–Crippen LogP) is 3.01. The molecule has 0 aliphatic carbocycles. The molecule has 0 spiro atoms. The van der Waals surface area contributed by atoms with Crippen LogP contribution in [0.25, 0.3) is 0 Å². The van der Waals surface area contributed by atoms with Gasteiger partial charge in [0.25, 0.3) is 5.91 Å². The van der Waals surface area contributed by atoms with Crippen molar-refractivity contribution in [2.75, 3.05) is 25.0 Å². The van der Waals surface area contributed by atoms with Crippen molar-refractivity contribution in [3.8, 4) is 6.07 Å². The number of hydrogen-bond acceptors (Lipinski definition) is 4. The van der Waals surface area contributed by atoms with E-state index >= 15 is 0 Å². The van der Waals surface area contributed by atoms with E-state index in [0.717, 1.165) is 18.1 Å². The number of rotatable bonds is 7. The Bertz CT molecular complexity index is 519. The molecule has 5 heteroatoms. The van der Waals surface area contributed by atoms with Crippen molar-refractivity contribution >= 4 is 11.7 Å². The molecule has 0 aromatic carbocycles. The standard InChI is InChI=1S/C16H24N4O/c1-5-18-15-11-13(10-14(19-15)12(3)4)16(21)20(6-2)9-7-8-17/h10-12H,5-7,9H2,1-4H3,(H,18,19). The number of nitriles is 1. The Labute approximate surface area is 127 Å². The molecule has 0 fully saturated rings. The highest BCUT2D eigenvalue weighted by molar-refractivity contribution is 5.95. The molecule has 1 rings (SSSR count). The van der Waals surface area contributed by atoms with Crippen LogP contribution in [0.5, 0.6) is 0 Å². The second-order valence-corrected chi connectivity index (χ2v) is 5.14. The van der Waals surface area contributed by atoms with Gasteiger partial charge >= 0.3 is 0 Å². The highest BCUT2D eigenvalue weighted by Gasteiger charge is 2.16. The van der Waals surface area contributed by atoms with E-state index in [1.165, 1.54) is 0 Å². The van der Waals surface area contributed by atoms with Gasteiger partial charge in [0.05, 0.1) is 12.5 Å². The van der Waals surface area contributed by atoms with E-state index in [0.29, 0.717) is 25.1 Å². The van der Waals surface area contributed by atoms with Crippen molar-refractivity contribution in [2.45, 2.75) is 40.0 Å². The first kappa shape index (κ1) is 17.0. The molecular formula is C16H24N4O. The fourth-order valence-corrected chi connectivity index (χ4v) is 2.01. The molecule has 0 aliphatic rings. The number of carbonyl (C=O) groups excluding carboxylic acids is 1. The molecule has 5 nitrogen and oxygen atoms in total. The lowest BCUT2D eigenvalue weighted by Gasteiger charge is -2.20. The van der Waals surface area contributed by atoms with Crippen LogP contribution in [0.3, 0.4) is 0 Å². The number of anilines is 1. The van der Waals surface area contributed by atoms with Crippen molar-refractivity contribution in [3.05, 3.63) is 23.4 Å². The highest BCUT2D eigenvalue weighted by Crippen LogP contribution is 2.19. The van der Waals surface area contributed by atoms with Gasteiger partial charge in [0.15, 0.2) is 0 Å². The van der Waals surface area contributed by atoms with Crippen molar-refractivity contribution in [1.82, 2.24) is 9.88 Å². The van der Waals surface area contributed by atoms with Crippen molar-refractivity contribution in [1.29, 1.82) is 5.26 Å². The van der Waals surface area contributed by atoms with Gasteiger partial charge in [-0.3, -0.25) is 4.79 Å². The molecule has 0 unspecified atom stereocenters. The van der Waals surface area contributed by atoms with E-state index in [1.54, 1.807) is 11.0 Å². The number of hydrogen-bond donors (Lipinski definition) is 1. The monoisotopic (exact) mass is 288 g/mol. The van der Waals surface area contributed by atoms with Gasteiger partial charge in [-0.25, -0.2) is 4.98 Å². The molecule has 0 bridgehead atoms. The Morgan fingerprint density at radius 1 is 1.43 bits per heavy atom. The van der Waals surface area contributed by atoms with Gasteiger partial charge in [-0.05, 0) is 31.9 Å². The summed E-state index contributed by atoms with van der Waals surface area (Å²) in [6.45, 7) is 9.84. The Morgan fingerprint density at radius 2 is 2.14 bits per heavy atom. The third-order valence-electron chi connectivity index (χ3n) is 3.20. The lowest BCUT2D eigenvalue weighted by molar-refractivity contribution is 0.0767. The van der Waals surface area contributed by atoms with Gasteiger partial charge in [0.1, 0.15) is 5.82 Å². The SMILES string of the molecule is CCNc1cc(C(=O)N(CC)CCC#N)cc(C(C)C)n1. The Morgan fingerprint density at radius 3 is 2.67 bits per heavy atom. The summed E-state index contributed by atoms with van der Waals surface area (Å²) in [6, 6.07) is 5.72. The van der Waals surface area contributed by atoms with Gasteiger partial charge in [-0.15, -0.1) is 0 Å². The first-order chi connectivity index (χ1) is 10.0. The number of pyridine rings is 1. The average molecular weight is 288 g/mol. The van der Waals surface area contributed by atoms with Crippen LogP contribution in [0.1, 0.15) is 56.1 Å². The zero-order valence-corrected chi connectivity index (χ0v) is 13.3. The largest absolute Gasteiger partial charge is 0.370 e. The topological polar surface area (TPSA) is 69.0 Å². The molecule has 0 aliphatic heterocycles. The summed E-state index contributed by atoms with van der Waals surface area (Å²) in [5, 5.41) is 11.9. The van der Waals surface area contributed by atoms with Crippen molar-refractivity contribution in [3.63, 3.8) is 0 Å². The van der Waals surface area contributed by atoms with Crippen LogP contribution in [0.4, 0.5) is 5.82 Å². The molecule has 114 valence electrons. The molecular weight excluding hydrogens is 264 g/mol. The number of nitrogens with zero attached hydrogens (tertiary/aromatic N) is 3. The van der Waals surface area contributed by atoms with Gasteiger partial charge in [0.2, 0.25) is 0 Å². The van der Waals surface area contributed by atoms with E-state index < -0.39 is 0 Å². The normalized spacial score (nSPS) is 10.3. The fraction of sp³-hybridized carbons (Fsp3) is 0.562. The van der Waals surface area contributed by atoms with Crippen LogP contribution in [0, 0.1) is 11.3 Å². The van der Waals surface area contributed by atoms with E-state index in [9.17, 15) is 4.79 Å². The average Bonchev–Trinajstić information content (AvgIpc) is 2.47. The third-order valence-corrected chi connectivity index (χ3v) is 3.20. The molecule has 1 amide bonds. The predicted molar refractivity (Wildman–Crippen MR) is 84.3 cm³/mol. The number of nitrogens with one attached hydrogen (secondary N) is 1. The molecule has 0 saturated heterocycles. The van der Waals surface area contributed by atoms with Gasteiger partial charge in [-0.2, -0.15) is 5.26 Å². The van der Waals surface area contributed by atoms with E-state index in [-0.39, 0.29) is 11.8 Å². The second kappa shape index (κ2) is 8.25. The maximum atomic E-state index is 12.6. The van der Waals surface area contributed by atoms with Crippen molar-refractivity contribution in [2.24, 2.45) is 0 Å². The fourth-order valence-electron chi connectivity index (χ4n) is 2.01. The minimum absolute atomic E-state index is 0.0452. The molecule has 1 N–H and O–H groups in total. The first-order valence-corrected chi connectivity index (χ1v) is 7.45. The van der Waals surface area contributed by atoms with Crippen LogP contribution >= 0.6 is 0 Å². The van der Waals surface area contributed by atoms with Crippen LogP contribution in [-0.2, 0) is 0 Å². The lowest BCUT2D eigenvalue weighted by atomic mass is 10.1. The van der Waals surface area contributed by atoms with Crippen molar-refractivity contribution < 1.29 is 4.79 Å². The van der Waals surface area contributed by atoms with Gasteiger partial charge in [0, 0.05) is 30.9 Å². The summed E-state index contributed by atoms with van der Waals surface area (Å²) in [4.78, 5) is 18.8. The molecule has 0 radical (unpaired) electrons. The zero-order valence-electron chi connectivity index (χ0n) is 13.3. The van der Waals surface area contributed by atoms with E-state index in [1.807, 2.05) is 19.9 Å². The summed E-state index contributed by atoms with van der Waals surface area (Å²) in [6.07, 6.45) is 0.349. The third kappa shape index (κ3) is 4.75. The second-order valence-electron chi connectivity index (χ2n) is 5.14. The molecule has 21 heavy (non-hydrogen) atoms. The summed E-state index contributed by atoms with van der Waals surface area (Å²) >= 11 is 0. The minimum atomic E-state index is -0.0452. The smallest absolute Gasteiger partial charge is 0.254 e. The zero-order chi connectivity index (χ0) is 15.8. The molecule has 1 aromatic rings. The first-order valence-electron chi connectivity index (χ1n) is 7.45. The van der Waals surface area contributed by atoms with Crippen LogP contribution in [0.15, 0.2) is 12.1 Å². The van der Waals surface area contributed by atoms with E-state index in [4.69, 9.17) is 5.26 Å². The van der Waals surface area contributed by atoms with Gasteiger partial charge < -0.3 is 10.2 Å². The lowest BCUT2D eigenvalue weighted by Crippen LogP contribution is -2.31. The molecule has 1 heterocycles. The highest BCUT2D eigenvalue weighted by atomic mass is 16.2.